The molecule has 1 atom stereocenters. The van der Waals surface area contributed by atoms with Crippen LogP contribution in [-0.4, -0.2) is 41.7 Å². The molecular formula is C12H17NO2S. The van der Waals surface area contributed by atoms with Gasteiger partial charge in [0.25, 0.3) is 0 Å². The number of nitrogens with zero attached hydrogens (tertiary/aromatic N) is 1. The molecular weight excluding hydrogens is 222 g/mol. The molecule has 2 aliphatic heterocycles. The Kier molecular flexibility index (Phi) is 2.73. The first-order valence-corrected chi connectivity index (χ1v) is 6.68. The maximum atomic E-state index is 5.43. The zero-order chi connectivity index (χ0) is 11.0. The molecule has 2 saturated heterocycles. The smallest absolute Gasteiger partial charge is 0.0947 e. The minimum absolute atomic E-state index is 0.473. The maximum Gasteiger partial charge on any atom is 0.0947 e. The largest absolute Gasteiger partial charge is 0.472 e. The molecule has 16 heavy (non-hydrogen) atoms. The molecule has 1 aromatic heterocycles. The number of thioether (sulfide) groups is 1. The van der Waals surface area contributed by atoms with Crippen molar-refractivity contribution in [2.75, 3.05) is 26.0 Å². The van der Waals surface area contributed by atoms with Crippen molar-refractivity contribution in [2.24, 2.45) is 0 Å². The van der Waals surface area contributed by atoms with Crippen LogP contribution in [0.3, 0.4) is 0 Å². The number of ether oxygens (including phenoxy) is 1. The molecule has 0 N–H and O–H groups in total. The van der Waals surface area contributed by atoms with Crippen molar-refractivity contribution in [1.82, 2.24) is 4.90 Å². The summed E-state index contributed by atoms with van der Waals surface area (Å²) in [5, 5.41) is 0. The topological polar surface area (TPSA) is 25.6 Å². The Morgan fingerprint density at radius 2 is 2.50 bits per heavy atom. The first-order chi connectivity index (χ1) is 7.80. The molecule has 0 aromatic carbocycles. The predicted octanol–water partition coefficient (Wildman–Crippen LogP) is 1.99. The summed E-state index contributed by atoms with van der Waals surface area (Å²) in [5.41, 5.74) is 1.28. The molecule has 3 nitrogen and oxygen atoms in total. The number of rotatable bonds is 3. The van der Waals surface area contributed by atoms with Crippen LogP contribution in [0.1, 0.15) is 12.0 Å². The van der Waals surface area contributed by atoms with Gasteiger partial charge in [-0.25, -0.2) is 0 Å². The van der Waals surface area contributed by atoms with Gasteiger partial charge in [0.1, 0.15) is 0 Å². The third kappa shape index (κ3) is 1.90. The summed E-state index contributed by atoms with van der Waals surface area (Å²) < 4.78 is 11.0. The van der Waals surface area contributed by atoms with Gasteiger partial charge >= 0.3 is 0 Å². The van der Waals surface area contributed by atoms with E-state index in [4.69, 9.17) is 9.15 Å². The molecule has 0 bridgehead atoms. The molecule has 2 fully saturated rings. The van der Waals surface area contributed by atoms with Crippen molar-refractivity contribution in [3.05, 3.63) is 24.2 Å². The molecule has 4 heteroatoms. The van der Waals surface area contributed by atoms with Crippen molar-refractivity contribution in [2.45, 2.75) is 23.8 Å². The Balaban J connectivity index is 1.51. The number of furan rings is 1. The second kappa shape index (κ2) is 4.09. The molecule has 1 aromatic rings. The Labute approximate surface area is 100 Å². The molecule has 0 saturated carbocycles. The first kappa shape index (κ1) is 10.7. The van der Waals surface area contributed by atoms with Gasteiger partial charge in [0.15, 0.2) is 0 Å². The van der Waals surface area contributed by atoms with Crippen LogP contribution in [0.15, 0.2) is 23.0 Å². The van der Waals surface area contributed by atoms with Crippen LogP contribution >= 0.6 is 11.8 Å². The maximum absolute atomic E-state index is 5.43. The van der Waals surface area contributed by atoms with Gasteiger partial charge in [0, 0.05) is 42.8 Å². The summed E-state index contributed by atoms with van der Waals surface area (Å²) in [6, 6.07) is 2.05. The van der Waals surface area contributed by atoms with Gasteiger partial charge in [0.2, 0.25) is 0 Å². The molecule has 0 radical (unpaired) electrons. The van der Waals surface area contributed by atoms with E-state index in [0.29, 0.717) is 10.9 Å². The normalized spacial score (nSPS) is 28.4. The van der Waals surface area contributed by atoms with E-state index in [2.05, 4.69) is 16.7 Å². The minimum atomic E-state index is 0.473. The lowest BCUT2D eigenvalue weighted by atomic mass is 9.92. The molecule has 2 aliphatic rings. The second-order valence-corrected chi connectivity index (χ2v) is 6.32. The summed E-state index contributed by atoms with van der Waals surface area (Å²) in [7, 11) is 1.83. The summed E-state index contributed by atoms with van der Waals surface area (Å²) >= 11 is 2.09. The van der Waals surface area contributed by atoms with Crippen LogP contribution in [0, 0.1) is 0 Å². The van der Waals surface area contributed by atoms with E-state index in [1.165, 1.54) is 25.1 Å². The summed E-state index contributed by atoms with van der Waals surface area (Å²) in [6.07, 6.45) is 5.28. The van der Waals surface area contributed by atoms with Gasteiger partial charge in [-0.05, 0) is 12.5 Å². The number of hydrogen-bond acceptors (Lipinski definition) is 4. The highest BCUT2D eigenvalue weighted by molar-refractivity contribution is 8.01. The molecule has 88 valence electrons. The van der Waals surface area contributed by atoms with Gasteiger partial charge in [-0.1, -0.05) is 0 Å². The molecule has 1 spiro atoms. The van der Waals surface area contributed by atoms with Crippen molar-refractivity contribution in [1.29, 1.82) is 0 Å². The highest BCUT2D eigenvalue weighted by atomic mass is 32.2. The number of methoxy groups -OCH3 is 1. The molecule has 3 heterocycles. The minimum Gasteiger partial charge on any atom is -0.472 e. The van der Waals surface area contributed by atoms with E-state index in [1.54, 1.807) is 6.26 Å². The average Bonchev–Trinajstić information content (AvgIpc) is 2.85. The molecule has 3 rings (SSSR count). The van der Waals surface area contributed by atoms with Gasteiger partial charge in [-0.2, -0.15) is 0 Å². The quantitative estimate of drug-likeness (QED) is 0.805. The van der Waals surface area contributed by atoms with Crippen molar-refractivity contribution >= 4 is 11.8 Å². The fourth-order valence-electron chi connectivity index (χ4n) is 2.70. The lowest BCUT2D eigenvalue weighted by molar-refractivity contribution is 0.0630. The van der Waals surface area contributed by atoms with E-state index >= 15 is 0 Å². The van der Waals surface area contributed by atoms with E-state index in [1.807, 2.05) is 19.4 Å². The Morgan fingerprint density at radius 1 is 1.62 bits per heavy atom. The summed E-state index contributed by atoms with van der Waals surface area (Å²) in [5.74, 6) is 1.16. The van der Waals surface area contributed by atoms with Crippen LogP contribution in [-0.2, 0) is 11.3 Å². The molecule has 0 unspecified atom stereocenters. The lowest BCUT2D eigenvalue weighted by Gasteiger charge is -2.47. The Morgan fingerprint density at radius 3 is 3.12 bits per heavy atom. The SMILES string of the molecule is CO[C@H]1CSC2(C1)CN(Cc1ccoc1)C2. The van der Waals surface area contributed by atoms with Gasteiger partial charge in [0.05, 0.1) is 18.6 Å². The van der Waals surface area contributed by atoms with Gasteiger partial charge in [-0.15, -0.1) is 11.8 Å². The highest BCUT2D eigenvalue weighted by Crippen LogP contribution is 2.46. The van der Waals surface area contributed by atoms with E-state index < -0.39 is 0 Å². The van der Waals surface area contributed by atoms with Gasteiger partial charge < -0.3 is 9.15 Å². The highest BCUT2D eigenvalue weighted by Gasteiger charge is 2.48. The Hall–Kier alpha value is -0.450. The third-order valence-electron chi connectivity index (χ3n) is 3.52. The Bertz CT molecular complexity index is 346. The van der Waals surface area contributed by atoms with E-state index in [9.17, 15) is 0 Å². The number of hydrogen-bond donors (Lipinski definition) is 0. The van der Waals surface area contributed by atoms with Crippen LogP contribution in [0.25, 0.3) is 0 Å². The monoisotopic (exact) mass is 239 g/mol. The zero-order valence-corrected chi connectivity index (χ0v) is 10.3. The summed E-state index contributed by atoms with van der Waals surface area (Å²) in [4.78, 5) is 2.48. The zero-order valence-electron chi connectivity index (χ0n) is 9.52. The van der Waals surface area contributed by atoms with Crippen molar-refractivity contribution < 1.29 is 9.15 Å². The number of likely N-dealkylation sites (tertiary alicyclic amines) is 1. The second-order valence-electron chi connectivity index (χ2n) is 4.83. The fourth-order valence-corrected chi connectivity index (χ4v) is 4.34. The third-order valence-corrected chi connectivity index (χ3v) is 5.09. The van der Waals surface area contributed by atoms with Crippen molar-refractivity contribution in [3.8, 4) is 0 Å². The summed E-state index contributed by atoms with van der Waals surface area (Å²) in [6.45, 7) is 3.42. The van der Waals surface area contributed by atoms with Crippen LogP contribution in [0.5, 0.6) is 0 Å². The fraction of sp³-hybridized carbons (Fsp3) is 0.667. The van der Waals surface area contributed by atoms with Crippen LogP contribution < -0.4 is 0 Å². The van der Waals surface area contributed by atoms with E-state index in [-0.39, 0.29) is 0 Å². The van der Waals surface area contributed by atoms with Gasteiger partial charge in [-0.3, -0.25) is 4.90 Å². The predicted molar refractivity (Wildman–Crippen MR) is 64.6 cm³/mol. The standard InChI is InChI=1S/C12H17NO2S/c1-14-11-4-12(16-7-11)8-13(9-12)5-10-2-3-15-6-10/h2-3,6,11H,4-5,7-9H2,1H3/t11-/m1/s1. The average molecular weight is 239 g/mol. The van der Waals surface area contributed by atoms with E-state index in [0.717, 1.165) is 12.3 Å². The first-order valence-electron chi connectivity index (χ1n) is 5.70. The molecule has 0 amide bonds. The molecule has 0 aliphatic carbocycles. The van der Waals surface area contributed by atoms with Crippen LogP contribution in [0.2, 0.25) is 0 Å². The van der Waals surface area contributed by atoms with Crippen molar-refractivity contribution in [3.63, 3.8) is 0 Å². The van der Waals surface area contributed by atoms with Crippen LogP contribution in [0.4, 0.5) is 0 Å². The lowest BCUT2D eigenvalue weighted by Crippen LogP contribution is -2.58.